The maximum Gasteiger partial charge on any atom is 0.469 e. The molecule has 1 unspecified atom stereocenters. The van der Waals surface area contributed by atoms with Crippen LogP contribution in [0.2, 0.25) is 0 Å². The molecule has 0 fully saturated rings. The van der Waals surface area contributed by atoms with Gasteiger partial charge in [-0.3, -0.25) is 4.52 Å². The molecule has 5 N–H and O–H groups in total. The van der Waals surface area contributed by atoms with Crippen LogP contribution < -0.4 is 5.73 Å². The van der Waals surface area contributed by atoms with Crippen molar-refractivity contribution in [3.05, 3.63) is 65.9 Å². The fourth-order valence-corrected chi connectivity index (χ4v) is 3.30. The van der Waals surface area contributed by atoms with Crippen molar-refractivity contribution in [3.63, 3.8) is 0 Å². The van der Waals surface area contributed by atoms with Crippen molar-refractivity contribution in [2.24, 2.45) is 5.73 Å². The highest BCUT2D eigenvalue weighted by atomic mass is 31.2. The second-order valence-electron chi connectivity index (χ2n) is 7.21. The molecule has 2 aromatic carbocycles. The third-order valence-corrected chi connectivity index (χ3v) is 5.23. The van der Waals surface area contributed by atoms with E-state index in [1.54, 1.807) is 30.5 Å². The summed E-state index contributed by atoms with van der Waals surface area (Å²) < 4.78 is 20.9. The number of aromatic nitrogens is 1. The number of aliphatic hydroxyl groups excluding tert-OH is 1. The van der Waals surface area contributed by atoms with Crippen LogP contribution in [0.3, 0.4) is 0 Å². The van der Waals surface area contributed by atoms with Crippen LogP contribution in [-0.2, 0) is 15.5 Å². The van der Waals surface area contributed by atoms with Gasteiger partial charge in [0, 0.05) is 11.1 Å². The molecule has 10 heteroatoms. The lowest BCUT2D eigenvalue weighted by Crippen LogP contribution is -2.48. The molecule has 162 valence electrons. The van der Waals surface area contributed by atoms with Gasteiger partial charge in [0.25, 0.3) is 0 Å². The first-order valence-corrected chi connectivity index (χ1v) is 10.9. The van der Waals surface area contributed by atoms with Gasteiger partial charge in [-0.2, -0.15) is 5.26 Å². The van der Waals surface area contributed by atoms with E-state index in [0.717, 1.165) is 16.7 Å². The summed E-state index contributed by atoms with van der Waals surface area (Å²) in [7, 11) is -4.66. The Labute approximate surface area is 179 Å². The van der Waals surface area contributed by atoms with E-state index in [0.29, 0.717) is 23.6 Å². The van der Waals surface area contributed by atoms with Gasteiger partial charge < -0.3 is 25.0 Å². The summed E-state index contributed by atoms with van der Waals surface area (Å²) in [4.78, 5) is 22.1. The van der Waals surface area contributed by atoms with E-state index in [1.807, 2.05) is 24.3 Å². The van der Waals surface area contributed by atoms with Gasteiger partial charge >= 0.3 is 7.82 Å². The highest BCUT2D eigenvalue weighted by Gasteiger charge is 2.28. The lowest BCUT2D eigenvalue weighted by molar-refractivity contribution is 0.102. The predicted molar refractivity (Wildman–Crippen MR) is 112 cm³/mol. The number of nitrogens with two attached hydrogens (primary N) is 1. The minimum Gasteiger partial charge on any atom is -0.444 e. The number of hydrogen-bond donors (Lipinski definition) is 4. The number of nitrogens with zero attached hydrogens (tertiary/aromatic N) is 2. The molecular weight excluding hydrogens is 421 g/mol. The Morgan fingerprint density at radius 3 is 2.35 bits per heavy atom. The maximum absolute atomic E-state index is 10.9. The second-order valence-corrected chi connectivity index (χ2v) is 8.45. The van der Waals surface area contributed by atoms with Crippen molar-refractivity contribution < 1.29 is 28.4 Å². The molecule has 0 aliphatic rings. The molecule has 0 aliphatic heterocycles. The molecule has 0 amide bonds. The molecule has 3 aromatic rings. The molecular formula is C21H22N3O6P. The van der Waals surface area contributed by atoms with E-state index < -0.39 is 26.6 Å². The highest BCUT2D eigenvalue weighted by Crippen LogP contribution is 2.37. The Morgan fingerprint density at radius 2 is 1.77 bits per heavy atom. The van der Waals surface area contributed by atoms with E-state index in [9.17, 15) is 9.67 Å². The van der Waals surface area contributed by atoms with Crippen molar-refractivity contribution in [2.75, 3.05) is 13.2 Å². The minimum absolute atomic E-state index is 0.273. The van der Waals surface area contributed by atoms with Gasteiger partial charge in [-0.1, -0.05) is 24.3 Å². The van der Waals surface area contributed by atoms with Crippen LogP contribution in [0.15, 0.2) is 59.2 Å². The van der Waals surface area contributed by atoms with E-state index in [1.165, 1.54) is 0 Å². The number of phosphoric acid groups is 1. The van der Waals surface area contributed by atoms with E-state index in [-0.39, 0.29) is 6.42 Å². The topological polar surface area (TPSA) is 163 Å². The van der Waals surface area contributed by atoms with Gasteiger partial charge in [0.15, 0.2) is 0 Å². The summed E-state index contributed by atoms with van der Waals surface area (Å²) in [5, 5.41) is 18.4. The number of nitriles is 1. The number of aryl methyl sites for hydroxylation is 1. The molecule has 0 saturated heterocycles. The summed E-state index contributed by atoms with van der Waals surface area (Å²) in [5.74, 6) is 0.449. The SMILES string of the molecule is N#Cc1ccc(-c2nc(-c3ccc(CCC(N)(CO)COP(=O)(O)O)cc3)co2)cc1. The molecule has 31 heavy (non-hydrogen) atoms. The van der Waals surface area contributed by atoms with Crippen LogP contribution in [0, 0.1) is 11.3 Å². The fraction of sp³-hybridized carbons (Fsp3) is 0.238. The van der Waals surface area contributed by atoms with Gasteiger partial charge in [0.2, 0.25) is 5.89 Å². The lowest BCUT2D eigenvalue weighted by atomic mass is 9.93. The largest absolute Gasteiger partial charge is 0.469 e. The van der Waals surface area contributed by atoms with E-state index >= 15 is 0 Å². The number of hydrogen-bond acceptors (Lipinski definition) is 7. The Balaban J connectivity index is 1.64. The molecule has 1 atom stereocenters. The van der Waals surface area contributed by atoms with Gasteiger partial charge in [-0.15, -0.1) is 0 Å². The zero-order valence-corrected chi connectivity index (χ0v) is 17.4. The molecule has 0 aliphatic carbocycles. The van der Waals surface area contributed by atoms with Crippen molar-refractivity contribution >= 4 is 7.82 Å². The number of aliphatic hydroxyl groups is 1. The Kier molecular flexibility index (Phi) is 7.03. The maximum atomic E-state index is 10.9. The molecule has 1 aromatic heterocycles. The first kappa shape index (κ1) is 22.8. The van der Waals surface area contributed by atoms with Crippen LogP contribution in [-0.4, -0.2) is 38.6 Å². The molecule has 9 nitrogen and oxygen atoms in total. The quantitative estimate of drug-likeness (QED) is 0.364. The van der Waals surface area contributed by atoms with Crippen molar-refractivity contribution in [2.45, 2.75) is 18.4 Å². The van der Waals surface area contributed by atoms with Gasteiger partial charge in [-0.05, 0) is 42.7 Å². The number of oxazole rings is 1. The average Bonchev–Trinajstić information content (AvgIpc) is 3.26. The number of rotatable bonds is 9. The van der Waals surface area contributed by atoms with Gasteiger partial charge in [0.1, 0.15) is 12.0 Å². The summed E-state index contributed by atoms with van der Waals surface area (Å²) in [5.41, 5.74) is 8.49. The van der Waals surface area contributed by atoms with Crippen LogP contribution >= 0.6 is 7.82 Å². The molecule has 1 heterocycles. The normalized spacial score (nSPS) is 13.5. The smallest absolute Gasteiger partial charge is 0.444 e. The Hall–Kier alpha value is -2.83. The van der Waals surface area contributed by atoms with Crippen molar-refractivity contribution in [1.29, 1.82) is 5.26 Å². The lowest BCUT2D eigenvalue weighted by Gasteiger charge is -2.27. The van der Waals surface area contributed by atoms with Crippen molar-refractivity contribution in [1.82, 2.24) is 4.98 Å². The number of benzene rings is 2. The number of phosphoric ester groups is 1. The first-order chi connectivity index (χ1) is 14.7. The standard InChI is InChI=1S/C21H22N3O6P/c22-11-16-3-7-18(8-4-16)20-24-19(12-29-20)17-5-1-15(2-6-17)9-10-21(23,13-25)14-30-31(26,27)28/h1-8,12,25H,9-10,13-14,23H2,(H2,26,27,28). The Morgan fingerprint density at radius 1 is 1.13 bits per heavy atom. The van der Waals surface area contributed by atoms with Crippen LogP contribution in [0.4, 0.5) is 0 Å². The zero-order valence-electron chi connectivity index (χ0n) is 16.5. The van der Waals surface area contributed by atoms with E-state index in [2.05, 4.69) is 15.6 Å². The summed E-state index contributed by atoms with van der Waals surface area (Å²) in [6.07, 6.45) is 2.31. The third kappa shape index (κ3) is 6.32. The van der Waals surface area contributed by atoms with E-state index in [4.69, 9.17) is 25.2 Å². The average molecular weight is 443 g/mol. The minimum atomic E-state index is -4.66. The Bertz CT molecular complexity index is 1100. The van der Waals surface area contributed by atoms with Crippen molar-refractivity contribution in [3.8, 4) is 28.8 Å². The van der Waals surface area contributed by atoms with Crippen LogP contribution in [0.25, 0.3) is 22.7 Å². The molecule has 0 radical (unpaired) electrons. The van der Waals surface area contributed by atoms with Crippen LogP contribution in [0.5, 0.6) is 0 Å². The monoisotopic (exact) mass is 443 g/mol. The summed E-state index contributed by atoms with van der Waals surface area (Å²) in [6, 6.07) is 16.5. The third-order valence-electron chi connectivity index (χ3n) is 4.76. The van der Waals surface area contributed by atoms with Gasteiger partial charge in [-0.25, -0.2) is 9.55 Å². The summed E-state index contributed by atoms with van der Waals surface area (Å²) >= 11 is 0. The predicted octanol–water partition coefficient (Wildman–Crippen LogP) is 2.61. The van der Waals surface area contributed by atoms with Crippen LogP contribution in [0.1, 0.15) is 17.5 Å². The highest BCUT2D eigenvalue weighted by molar-refractivity contribution is 7.46. The van der Waals surface area contributed by atoms with Gasteiger partial charge in [0.05, 0.1) is 30.4 Å². The second kappa shape index (κ2) is 9.54. The molecule has 0 saturated carbocycles. The molecule has 0 spiro atoms. The molecule has 0 bridgehead atoms. The fourth-order valence-electron chi connectivity index (χ4n) is 2.87. The zero-order chi connectivity index (χ0) is 22.5. The molecule has 3 rings (SSSR count). The summed E-state index contributed by atoms with van der Waals surface area (Å²) in [6.45, 7) is -0.926. The first-order valence-electron chi connectivity index (χ1n) is 9.36.